The van der Waals surface area contributed by atoms with Crippen LogP contribution in [0.15, 0.2) is 72.8 Å². The number of hydrogen-bond acceptors (Lipinski definition) is 2. The molecule has 3 aromatic carbocycles. The summed E-state index contributed by atoms with van der Waals surface area (Å²) in [4.78, 5) is 4.73. The first-order chi connectivity index (χ1) is 14.5. The summed E-state index contributed by atoms with van der Waals surface area (Å²) in [6, 6.07) is 20.6. The van der Waals surface area contributed by atoms with Gasteiger partial charge in [0.25, 0.3) is 6.43 Å². The number of rotatable bonds is 3. The van der Waals surface area contributed by atoms with Crippen molar-refractivity contribution in [3.05, 3.63) is 89.9 Å². The highest BCUT2D eigenvalue weighted by Gasteiger charge is 2.22. The maximum absolute atomic E-state index is 14.0. The molecule has 0 saturated carbocycles. The van der Waals surface area contributed by atoms with Crippen LogP contribution in [0, 0.1) is 12.7 Å². The van der Waals surface area contributed by atoms with Gasteiger partial charge < -0.3 is 0 Å². The van der Waals surface area contributed by atoms with Crippen molar-refractivity contribution < 1.29 is 13.2 Å². The number of aromatic nitrogens is 3. The van der Waals surface area contributed by atoms with Crippen LogP contribution in [0.1, 0.15) is 17.7 Å². The fraction of sp³-hybridized carbons (Fsp3) is 0.0833. The van der Waals surface area contributed by atoms with Gasteiger partial charge in [-0.1, -0.05) is 42.5 Å². The molecule has 0 N–H and O–H groups in total. The fourth-order valence-electron chi connectivity index (χ4n) is 3.84. The summed E-state index contributed by atoms with van der Waals surface area (Å²) in [5.41, 5.74) is 2.41. The van der Waals surface area contributed by atoms with Crippen molar-refractivity contribution in [2.24, 2.45) is 0 Å². The lowest BCUT2D eigenvalue weighted by atomic mass is 10.00. The number of fused-ring (bicyclic) bond motifs is 2. The van der Waals surface area contributed by atoms with Crippen LogP contribution < -0.4 is 0 Å². The second-order valence-electron chi connectivity index (χ2n) is 7.10. The van der Waals surface area contributed by atoms with Crippen LogP contribution in [-0.4, -0.2) is 14.8 Å². The third-order valence-corrected chi connectivity index (χ3v) is 5.22. The molecular weight excluding hydrogens is 387 g/mol. The Labute approximate surface area is 170 Å². The molecule has 3 nitrogen and oxygen atoms in total. The van der Waals surface area contributed by atoms with Gasteiger partial charge in [0.15, 0.2) is 5.65 Å². The van der Waals surface area contributed by atoms with E-state index in [1.54, 1.807) is 19.1 Å². The van der Waals surface area contributed by atoms with Crippen LogP contribution in [0.25, 0.3) is 38.8 Å². The Bertz CT molecular complexity index is 1380. The minimum atomic E-state index is -2.69. The van der Waals surface area contributed by atoms with Crippen molar-refractivity contribution in [1.82, 2.24) is 14.8 Å². The molecule has 0 amide bonds. The molecule has 5 rings (SSSR count). The molecule has 6 heteroatoms. The Kier molecular flexibility index (Phi) is 4.28. The molecule has 0 aliphatic rings. The average molecular weight is 403 g/mol. The van der Waals surface area contributed by atoms with E-state index in [1.165, 1.54) is 22.9 Å². The van der Waals surface area contributed by atoms with Gasteiger partial charge in [0, 0.05) is 11.1 Å². The molecule has 30 heavy (non-hydrogen) atoms. The zero-order valence-electron chi connectivity index (χ0n) is 16.0. The van der Waals surface area contributed by atoms with Crippen LogP contribution in [0.5, 0.6) is 0 Å². The Morgan fingerprint density at radius 3 is 2.40 bits per heavy atom. The first-order valence-electron chi connectivity index (χ1n) is 9.45. The van der Waals surface area contributed by atoms with Gasteiger partial charge in [-0.25, -0.2) is 22.8 Å². The van der Waals surface area contributed by atoms with Crippen molar-refractivity contribution in [2.75, 3.05) is 0 Å². The molecule has 0 aliphatic carbocycles. The topological polar surface area (TPSA) is 30.7 Å². The Morgan fingerprint density at radius 2 is 1.63 bits per heavy atom. The number of aryl methyl sites for hydroxylation is 1. The molecule has 0 atom stereocenters. The van der Waals surface area contributed by atoms with Gasteiger partial charge >= 0.3 is 0 Å². The maximum Gasteiger partial charge on any atom is 0.264 e. The van der Waals surface area contributed by atoms with Gasteiger partial charge in [-0.15, -0.1) is 0 Å². The van der Waals surface area contributed by atoms with Gasteiger partial charge in [0.1, 0.15) is 5.82 Å². The standard InChI is InChI=1S/C24H16F3N3/c1-14-22-20(23(26)27)13-21(19-8-4-6-15-5-2-3-7-18(15)19)28-24(22)30(29-14)17-11-9-16(25)10-12-17/h2-13,23H,1H3. The van der Waals surface area contributed by atoms with Gasteiger partial charge in [-0.05, 0) is 48.0 Å². The van der Waals surface area contributed by atoms with Crippen molar-refractivity contribution in [3.8, 4) is 16.9 Å². The zero-order valence-corrected chi connectivity index (χ0v) is 16.0. The summed E-state index contributed by atoms with van der Waals surface area (Å²) in [5.74, 6) is -0.385. The maximum atomic E-state index is 14.0. The van der Waals surface area contributed by atoms with Crippen molar-refractivity contribution >= 4 is 21.8 Å². The van der Waals surface area contributed by atoms with Gasteiger partial charge in [-0.3, -0.25) is 0 Å². The van der Waals surface area contributed by atoms with Crippen LogP contribution >= 0.6 is 0 Å². The molecule has 0 radical (unpaired) electrons. The molecule has 2 heterocycles. The molecule has 2 aromatic heterocycles. The number of benzene rings is 3. The summed E-state index contributed by atoms with van der Waals surface area (Å²) in [6.45, 7) is 1.67. The van der Waals surface area contributed by atoms with E-state index in [-0.39, 0.29) is 11.4 Å². The zero-order chi connectivity index (χ0) is 20.8. The minimum absolute atomic E-state index is 0.117. The predicted octanol–water partition coefficient (Wildman–Crippen LogP) is 6.63. The Hall–Kier alpha value is -3.67. The molecule has 0 unspecified atom stereocenters. The molecular formula is C24H16F3N3. The number of nitrogens with zero attached hydrogens (tertiary/aromatic N) is 3. The molecule has 0 saturated heterocycles. The highest BCUT2D eigenvalue weighted by Crippen LogP contribution is 2.36. The summed E-state index contributed by atoms with van der Waals surface area (Å²) in [5, 5.41) is 6.67. The van der Waals surface area contributed by atoms with E-state index >= 15 is 0 Å². The second-order valence-corrected chi connectivity index (χ2v) is 7.10. The van der Waals surface area contributed by atoms with Crippen LogP contribution in [0.3, 0.4) is 0 Å². The molecule has 5 aromatic rings. The van der Waals surface area contributed by atoms with E-state index in [0.29, 0.717) is 28.1 Å². The summed E-state index contributed by atoms with van der Waals surface area (Å²) in [6.07, 6.45) is -2.69. The molecule has 148 valence electrons. The third-order valence-electron chi connectivity index (χ3n) is 5.22. The van der Waals surface area contributed by atoms with Crippen molar-refractivity contribution in [1.29, 1.82) is 0 Å². The molecule has 0 fully saturated rings. The van der Waals surface area contributed by atoms with Gasteiger partial charge in [0.2, 0.25) is 0 Å². The average Bonchev–Trinajstić information content (AvgIpc) is 3.09. The number of pyridine rings is 1. The van der Waals surface area contributed by atoms with Crippen molar-refractivity contribution in [2.45, 2.75) is 13.3 Å². The third kappa shape index (κ3) is 2.92. The number of hydrogen-bond donors (Lipinski definition) is 0. The summed E-state index contributed by atoms with van der Waals surface area (Å²) >= 11 is 0. The van der Waals surface area contributed by atoms with E-state index in [2.05, 4.69) is 5.10 Å². The largest absolute Gasteiger partial charge is 0.264 e. The van der Waals surface area contributed by atoms with Crippen LogP contribution in [0.2, 0.25) is 0 Å². The van der Waals surface area contributed by atoms with Crippen LogP contribution in [-0.2, 0) is 0 Å². The predicted molar refractivity (Wildman–Crippen MR) is 111 cm³/mol. The minimum Gasteiger partial charge on any atom is -0.228 e. The lowest BCUT2D eigenvalue weighted by molar-refractivity contribution is 0.153. The van der Waals surface area contributed by atoms with Gasteiger partial charge in [0.05, 0.1) is 22.5 Å². The normalized spacial score (nSPS) is 11.6. The molecule has 0 aliphatic heterocycles. The van der Waals surface area contributed by atoms with E-state index in [4.69, 9.17) is 4.98 Å². The van der Waals surface area contributed by atoms with E-state index in [0.717, 1.165) is 16.3 Å². The van der Waals surface area contributed by atoms with Gasteiger partial charge in [-0.2, -0.15) is 5.10 Å². The smallest absolute Gasteiger partial charge is 0.228 e. The Balaban J connectivity index is 1.84. The molecule has 0 bridgehead atoms. The molecule has 0 spiro atoms. The van der Waals surface area contributed by atoms with E-state index in [9.17, 15) is 13.2 Å². The van der Waals surface area contributed by atoms with E-state index in [1.807, 2.05) is 42.5 Å². The van der Waals surface area contributed by atoms with E-state index < -0.39 is 6.43 Å². The fourth-order valence-corrected chi connectivity index (χ4v) is 3.84. The highest BCUT2D eigenvalue weighted by molar-refractivity contribution is 5.97. The summed E-state index contributed by atoms with van der Waals surface area (Å²) < 4.78 is 42.9. The Morgan fingerprint density at radius 1 is 0.900 bits per heavy atom. The first-order valence-corrected chi connectivity index (χ1v) is 9.45. The lowest BCUT2D eigenvalue weighted by Gasteiger charge is -2.11. The number of alkyl halides is 2. The first kappa shape index (κ1) is 18.4. The second kappa shape index (κ2) is 6.99. The lowest BCUT2D eigenvalue weighted by Crippen LogP contribution is -2.00. The summed E-state index contributed by atoms with van der Waals surface area (Å²) in [7, 11) is 0. The van der Waals surface area contributed by atoms with Crippen LogP contribution in [0.4, 0.5) is 13.2 Å². The SMILES string of the molecule is Cc1nn(-c2ccc(F)cc2)c2nc(-c3cccc4ccccc34)cc(C(F)F)c12. The van der Waals surface area contributed by atoms with Crippen molar-refractivity contribution in [3.63, 3.8) is 0 Å². The monoisotopic (exact) mass is 403 g/mol. The number of halogens is 3. The highest BCUT2D eigenvalue weighted by atomic mass is 19.3. The quantitative estimate of drug-likeness (QED) is 0.339.